The van der Waals surface area contributed by atoms with Crippen molar-refractivity contribution >= 4 is 21.8 Å². The average molecular weight is 393 g/mol. The number of rotatable bonds is 4. The van der Waals surface area contributed by atoms with Crippen molar-refractivity contribution in [3.05, 3.63) is 35.4 Å². The first kappa shape index (κ1) is 20.2. The maximum atomic E-state index is 12.5. The molecular weight excluding hydrogens is 375 g/mol. The molecule has 1 N–H and O–H groups in total. The zero-order chi connectivity index (χ0) is 19.5. The highest BCUT2D eigenvalue weighted by Crippen LogP contribution is 2.29. The molecule has 0 aliphatic carbocycles. The number of carbonyl (C=O) groups is 2. The van der Waals surface area contributed by atoms with Gasteiger partial charge in [0.1, 0.15) is 0 Å². The van der Waals surface area contributed by atoms with Gasteiger partial charge in [0.05, 0.1) is 18.4 Å². The van der Waals surface area contributed by atoms with Crippen molar-refractivity contribution in [1.29, 1.82) is 0 Å². The minimum absolute atomic E-state index is 0.00713. The van der Waals surface area contributed by atoms with Crippen molar-refractivity contribution in [2.45, 2.75) is 6.18 Å². The number of benzene rings is 1. The number of halogens is 3. The summed E-state index contributed by atoms with van der Waals surface area (Å²) in [6.07, 6.45) is -3.39. The Kier molecular flexibility index (Phi) is 5.91. The molecule has 0 atom stereocenters. The maximum absolute atomic E-state index is 12.5. The molecule has 1 saturated heterocycles. The molecule has 1 heterocycles. The standard InChI is InChI=1S/C15H18F3N3O4S/c1-26(24,25)21-8-6-20(7-9-21)13(22)10-19-14(23)11-2-4-12(5-3-11)15(16,17)18/h2-5H,6-10H2,1H3,(H,19,23). The maximum Gasteiger partial charge on any atom is 0.416 e. The van der Waals surface area contributed by atoms with Crippen LogP contribution in [-0.2, 0) is 21.0 Å². The summed E-state index contributed by atoms with van der Waals surface area (Å²) in [5.74, 6) is -1.06. The van der Waals surface area contributed by atoms with E-state index in [1.165, 1.54) is 9.21 Å². The molecule has 144 valence electrons. The van der Waals surface area contributed by atoms with E-state index in [0.717, 1.165) is 30.5 Å². The molecule has 1 aliphatic rings. The van der Waals surface area contributed by atoms with E-state index < -0.39 is 33.6 Å². The Balaban J connectivity index is 1.85. The number of piperazine rings is 1. The van der Waals surface area contributed by atoms with Gasteiger partial charge in [0, 0.05) is 31.7 Å². The summed E-state index contributed by atoms with van der Waals surface area (Å²) in [4.78, 5) is 25.4. The minimum Gasteiger partial charge on any atom is -0.343 e. The third kappa shape index (κ3) is 5.18. The molecule has 11 heteroatoms. The number of hydrogen-bond acceptors (Lipinski definition) is 4. The number of amides is 2. The monoisotopic (exact) mass is 393 g/mol. The van der Waals surface area contributed by atoms with E-state index in [-0.39, 0.29) is 38.3 Å². The van der Waals surface area contributed by atoms with Crippen molar-refractivity contribution in [2.24, 2.45) is 0 Å². The topological polar surface area (TPSA) is 86.8 Å². The first-order valence-corrected chi connectivity index (χ1v) is 9.51. The normalized spacial score (nSPS) is 16.4. The lowest BCUT2D eigenvalue weighted by molar-refractivity contribution is -0.137. The quantitative estimate of drug-likeness (QED) is 0.809. The molecule has 1 aromatic rings. The van der Waals surface area contributed by atoms with Gasteiger partial charge in [-0.25, -0.2) is 8.42 Å². The molecule has 0 aromatic heterocycles. The van der Waals surface area contributed by atoms with Crippen LogP contribution in [0.3, 0.4) is 0 Å². The van der Waals surface area contributed by atoms with Crippen LogP contribution in [0.1, 0.15) is 15.9 Å². The molecule has 0 radical (unpaired) electrons. The van der Waals surface area contributed by atoms with Crippen molar-refractivity contribution in [3.63, 3.8) is 0 Å². The molecule has 0 bridgehead atoms. The lowest BCUT2D eigenvalue weighted by atomic mass is 10.1. The molecule has 1 aliphatic heterocycles. The Labute approximate surface area is 148 Å². The summed E-state index contributed by atoms with van der Waals surface area (Å²) in [7, 11) is -3.31. The molecule has 1 aromatic carbocycles. The van der Waals surface area contributed by atoms with Crippen LogP contribution in [0.15, 0.2) is 24.3 Å². The van der Waals surface area contributed by atoms with Crippen LogP contribution in [-0.4, -0.2) is 68.4 Å². The fourth-order valence-corrected chi connectivity index (χ4v) is 3.28. The van der Waals surface area contributed by atoms with Crippen LogP contribution in [0.4, 0.5) is 13.2 Å². The molecule has 2 amide bonds. The van der Waals surface area contributed by atoms with Gasteiger partial charge in [-0.3, -0.25) is 9.59 Å². The third-order valence-electron chi connectivity index (χ3n) is 3.93. The number of alkyl halides is 3. The Hall–Kier alpha value is -2.14. The van der Waals surface area contributed by atoms with Crippen LogP contribution in [0.25, 0.3) is 0 Å². The van der Waals surface area contributed by atoms with Crippen LogP contribution in [0, 0.1) is 0 Å². The van der Waals surface area contributed by atoms with E-state index in [9.17, 15) is 31.2 Å². The first-order valence-electron chi connectivity index (χ1n) is 7.67. The first-order chi connectivity index (χ1) is 12.0. The minimum atomic E-state index is -4.49. The fraction of sp³-hybridized carbons (Fsp3) is 0.467. The zero-order valence-corrected chi connectivity index (χ0v) is 14.7. The van der Waals surface area contributed by atoms with Gasteiger partial charge in [-0.05, 0) is 24.3 Å². The van der Waals surface area contributed by atoms with Crippen molar-refractivity contribution in [3.8, 4) is 0 Å². The smallest absolute Gasteiger partial charge is 0.343 e. The molecule has 0 spiro atoms. The SMILES string of the molecule is CS(=O)(=O)N1CCN(C(=O)CNC(=O)c2ccc(C(F)(F)F)cc2)CC1. The Morgan fingerprint density at radius 2 is 1.62 bits per heavy atom. The van der Waals surface area contributed by atoms with Crippen molar-refractivity contribution in [2.75, 3.05) is 39.0 Å². The van der Waals surface area contributed by atoms with Gasteiger partial charge in [-0.1, -0.05) is 0 Å². The highest BCUT2D eigenvalue weighted by Gasteiger charge is 2.30. The van der Waals surface area contributed by atoms with Crippen LogP contribution in [0.5, 0.6) is 0 Å². The van der Waals surface area contributed by atoms with E-state index in [1.807, 2.05) is 0 Å². The Bertz CT molecular complexity index is 770. The van der Waals surface area contributed by atoms with Crippen LogP contribution in [0.2, 0.25) is 0 Å². The molecular formula is C15H18F3N3O4S. The van der Waals surface area contributed by atoms with Gasteiger partial charge in [0.2, 0.25) is 15.9 Å². The van der Waals surface area contributed by atoms with E-state index in [0.29, 0.717) is 0 Å². The number of carbonyl (C=O) groups excluding carboxylic acids is 2. The summed E-state index contributed by atoms with van der Waals surface area (Å²) < 4.78 is 61.6. The Morgan fingerprint density at radius 1 is 1.08 bits per heavy atom. The number of nitrogens with zero attached hydrogens (tertiary/aromatic N) is 2. The molecule has 2 rings (SSSR count). The predicted octanol–water partition coefficient (Wildman–Crippen LogP) is 0.539. The lowest BCUT2D eigenvalue weighted by Crippen LogP contribution is -2.52. The van der Waals surface area contributed by atoms with E-state index in [4.69, 9.17) is 0 Å². The second kappa shape index (κ2) is 7.62. The summed E-state index contributed by atoms with van der Waals surface area (Å²) in [5.41, 5.74) is -0.860. The molecule has 0 unspecified atom stereocenters. The third-order valence-corrected chi connectivity index (χ3v) is 5.24. The summed E-state index contributed by atoms with van der Waals surface area (Å²) >= 11 is 0. The summed E-state index contributed by atoms with van der Waals surface area (Å²) in [5, 5.41) is 2.35. The van der Waals surface area contributed by atoms with Gasteiger partial charge in [0.15, 0.2) is 0 Å². The van der Waals surface area contributed by atoms with E-state index in [2.05, 4.69) is 5.32 Å². The second-order valence-electron chi connectivity index (χ2n) is 5.80. The molecule has 0 saturated carbocycles. The van der Waals surface area contributed by atoms with Crippen LogP contribution >= 0.6 is 0 Å². The summed E-state index contributed by atoms with van der Waals surface area (Å²) in [6.45, 7) is 0.456. The molecule has 1 fully saturated rings. The summed E-state index contributed by atoms with van der Waals surface area (Å²) in [6, 6.07) is 3.66. The number of sulfonamides is 1. The van der Waals surface area contributed by atoms with Crippen LogP contribution < -0.4 is 5.32 Å². The van der Waals surface area contributed by atoms with E-state index in [1.54, 1.807) is 0 Å². The lowest BCUT2D eigenvalue weighted by Gasteiger charge is -2.33. The van der Waals surface area contributed by atoms with Gasteiger partial charge in [-0.2, -0.15) is 17.5 Å². The fourth-order valence-electron chi connectivity index (χ4n) is 2.45. The van der Waals surface area contributed by atoms with E-state index >= 15 is 0 Å². The highest BCUT2D eigenvalue weighted by molar-refractivity contribution is 7.88. The number of nitrogens with one attached hydrogen (secondary N) is 1. The molecule has 7 nitrogen and oxygen atoms in total. The van der Waals surface area contributed by atoms with Gasteiger partial charge in [-0.15, -0.1) is 0 Å². The van der Waals surface area contributed by atoms with Crippen molar-refractivity contribution in [1.82, 2.24) is 14.5 Å². The molecule has 26 heavy (non-hydrogen) atoms. The predicted molar refractivity (Wildman–Crippen MR) is 86.8 cm³/mol. The largest absolute Gasteiger partial charge is 0.416 e. The Morgan fingerprint density at radius 3 is 2.08 bits per heavy atom. The second-order valence-corrected chi connectivity index (χ2v) is 7.78. The van der Waals surface area contributed by atoms with Gasteiger partial charge >= 0.3 is 6.18 Å². The van der Waals surface area contributed by atoms with Crippen molar-refractivity contribution < 1.29 is 31.2 Å². The van der Waals surface area contributed by atoms with Gasteiger partial charge in [0.25, 0.3) is 5.91 Å². The average Bonchev–Trinajstić information content (AvgIpc) is 2.58. The number of hydrogen-bond donors (Lipinski definition) is 1. The zero-order valence-electron chi connectivity index (χ0n) is 13.9. The van der Waals surface area contributed by atoms with Gasteiger partial charge < -0.3 is 10.2 Å². The highest BCUT2D eigenvalue weighted by atomic mass is 32.2.